The number of thioether (sulfide) groups is 1. The summed E-state index contributed by atoms with van der Waals surface area (Å²) in [6.45, 7) is 3.86. The summed E-state index contributed by atoms with van der Waals surface area (Å²) < 4.78 is 11.3. The number of hydrogen-bond donors (Lipinski definition) is 0. The maximum absolute atomic E-state index is 11.6. The van der Waals surface area contributed by atoms with E-state index in [0.29, 0.717) is 22.4 Å². The second-order valence-electron chi connectivity index (χ2n) is 7.15. The van der Waals surface area contributed by atoms with Gasteiger partial charge in [-0.1, -0.05) is 18.7 Å². The number of aryl methyl sites for hydroxylation is 1. The molecule has 0 saturated heterocycles. The molecule has 28 heavy (non-hydrogen) atoms. The third kappa shape index (κ3) is 4.00. The van der Waals surface area contributed by atoms with Crippen LogP contribution in [0.15, 0.2) is 33.9 Å². The number of fused-ring (bicyclic) bond motifs is 1. The van der Waals surface area contributed by atoms with Crippen LogP contribution in [-0.4, -0.2) is 23.1 Å². The number of carbonyl (C=O) groups is 1. The number of methoxy groups -OCH3 is 1. The number of ketones is 1. The molecule has 2 heterocycles. The highest BCUT2D eigenvalue weighted by atomic mass is 32.2. The third-order valence-electron chi connectivity index (χ3n) is 4.98. The Morgan fingerprint density at radius 2 is 2.21 bits per heavy atom. The van der Waals surface area contributed by atoms with Gasteiger partial charge in [0.2, 0.25) is 0 Å². The van der Waals surface area contributed by atoms with Gasteiger partial charge < -0.3 is 9.15 Å². The Morgan fingerprint density at radius 1 is 1.36 bits per heavy atom. The number of aromatic nitrogens is 2. The highest BCUT2D eigenvalue weighted by Crippen LogP contribution is 2.38. The summed E-state index contributed by atoms with van der Waals surface area (Å²) in [7, 11) is 1.63. The molecule has 0 amide bonds. The minimum atomic E-state index is 0.0324. The maximum atomic E-state index is 11.6. The molecule has 1 aliphatic carbocycles. The molecular weight excluding hydrogens is 392 g/mol. The van der Waals surface area contributed by atoms with Crippen LogP contribution in [0, 0.1) is 5.92 Å². The van der Waals surface area contributed by atoms with Crippen molar-refractivity contribution in [3.63, 3.8) is 0 Å². The molecule has 0 saturated carbocycles. The van der Waals surface area contributed by atoms with Crippen molar-refractivity contribution in [3.8, 4) is 16.5 Å². The van der Waals surface area contributed by atoms with Gasteiger partial charge in [0.05, 0.1) is 12.0 Å². The van der Waals surface area contributed by atoms with Crippen molar-refractivity contribution in [2.24, 2.45) is 5.92 Å². The second-order valence-corrected chi connectivity index (χ2v) is 9.21. The number of ether oxygens (including phenoxy) is 1. The summed E-state index contributed by atoms with van der Waals surface area (Å²) in [5.74, 6) is 2.69. The number of benzene rings is 1. The zero-order valence-corrected chi connectivity index (χ0v) is 17.8. The summed E-state index contributed by atoms with van der Waals surface area (Å²) in [6.07, 6.45) is 3.52. The van der Waals surface area contributed by atoms with Gasteiger partial charge >= 0.3 is 0 Å². The molecule has 2 aromatic heterocycles. The number of thiophene rings is 1. The second kappa shape index (κ2) is 8.09. The van der Waals surface area contributed by atoms with Crippen LogP contribution in [0.1, 0.15) is 46.6 Å². The van der Waals surface area contributed by atoms with Crippen LogP contribution in [0.25, 0.3) is 10.8 Å². The summed E-state index contributed by atoms with van der Waals surface area (Å²) in [4.78, 5) is 14.1. The normalized spacial score (nSPS) is 16.0. The van der Waals surface area contributed by atoms with E-state index in [9.17, 15) is 4.79 Å². The predicted molar refractivity (Wildman–Crippen MR) is 111 cm³/mol. The Kier molecular flexibility index (Phi) is 5.55. The Morgan fingerprint density at radius 3 is 3.00 bits per heavy atom. The largest absolute Gasteiger partial charge is 0.496 e. The fourth-order valence-corrected chi connectivity index (χ4v) is 5.30. The van der Waals surface area contributed by atoms with Crippen LogP contribution in [0.4, 0.5) is 0 Å². The lowest BCUT2D eigenvalue weighted by Gasteiger charge is -2.16. The Labute approximate surface area is 172 Å². The van der Waals surface area contributed by atoms with Crippen LogP contribution >= 0.6 is 23.1 Å². The third-order valence-corrected chi connectivity index (χ3v) is 7.08. The fraction of sp³-hybridized carbons (Fsp3) is 0.381. The molecule has 1 aliphatic rings. The quantitative estimate of drug-likeness (QED) is 0.396. The lowest BCUT2D eigenvalue weighted by molar-refractivity contribution is 0.101. The first-order chi connectivity index (χ1) is 13.5. The Bertz CT molecular complexity index is 1010. The fourth-order valence-electron chi connectivity index (χ4n) is 3.43. The number of nitrogens with zero attached hydrogens (tertiary/aromatic N) is 2. The van der Waals surface area contributed by atoms with E-state index in [4.69, 9.17) is 9.15 Å². The zero-order valence-electron chi connectivity index (χ0n) is 16.2. The first-order valence-corrected chi connectivity index (χ1v) is 11.1. The number of hydrogen-bond acceptors (Lipinski definition) is 7. The predicted octanol–water partition coefficient (Wildman–Crippen LogP) is 5.43. The minimum absolute atomic E-state index is 0.0324. The SMILES string of the molecule is COc1ccc(C(C)=O)cc1CSc1nnc(-c2cc3c(s2)CC[C@@H](C)C3)o1. The molecule has 1 aromatic carbocycles. The molecular formula is C21H22N2O3S2. The molecule has 0 aliphatic heterocycles. The van der Waals surface area contributed by atoms with Crippen LogP contribution in [0.2, 0.25) is 0 Å². The topological polar surface area (TPSA) is 65.2 Å². The van der Waals surface area contributed by atoms with Crippen molar-refractivity contribution in [2.75, 3.05) is 7.11 Å². The molecule has 5 nitrogen and oxygen atoms in total. The maximum Gasteiger partial charge on any atom is 0.277 e. The highest BCUT2D eigenvalue weighted by molar-refractivity contribution is 7.98. The van der Waals surface area contributed by atoms with Gasteiger partial charge in [0.1, 0.15) is 5.75 Å². The van der Waals surface area contributed by atoms with Crippen LogP contribution in [-0.2, 0) is 18.6 Å². The Hall–Kier alpha value is -2.12. The van der Waals surface area contributed by atoms with Crippen molar-refractivity contribution in [3.05, 3.63) is 45.8 Å². The molecule has 0 unspecified atom stereocenters. The lowest BCUT2D eigenvalue weighted by atomic mass is 9.90. The van der Waals surface area contributed by atoms with E-state index in [-0.39, 0.29) is 5.78 Å². The highest BCUT2D eigenvalue weighted by Gasteiger charge is 2.21. The van der Waals surface area contributed by atoms with E-state index in [0.717, 1.165) is 34.9 Å². The number of rotatable bonds is 6. The molecule has 0 spiro atoms. The van der Waals surface area contributed by atoms with E-state index in [1.807, 2.05) is 12.1 Å². The van der Waals surface area contributed by atoms with Crippen LogP contribution < -0.4 is 4.74 Å². The summed E-state index contributed by atoms with van der Waals surface area (Å²) in [5, 5.41) is 8.94. The molecule has 3 aromatic rings. The van der Waals surface area contributed by atoms with Crippen LogP contribution in [0.5, 0.6) is 5.75 Å². The molecule has 4 rings (SSSR count). The van der Waals surface area contributed by atoms with Gasteiger partial charge in [0.25, 0.3) is 11.1 Å². The van der Waals surface area contributed by atoms with Gasteiger partial charge in [0.15, 0.2) is 5.78 Å². The van der Waals surface area contributed by atoms with E-state index < -0.39 is 0 Å². The lowest BCUT2D eigenvalue weighted by Crippen LogP contribution is -2.07. The zero-order chi connectivity index (χ0) is 19.7. The van der Waals surface area contributed by atoms with Gasteiger partial charge in [-0.2, -0.15) is 0 Å². The van der Waals surface area contributed by atoms with E-state index in [2.05, 4.69) is 23.2 Å². The monoisotopic (exact) mass is 414 g/mol. The molecule has 7 heteroatoms. The first-order valence-electron chi connectivity index (χ1n) is 9.29. The van der Waals surface area contributed by atoms with Gasteiger partial charge in [-0.3, -0.25) is 4.79 Å². The van der Waals surface area contributed by atoms with E-state index in [1.54, 1.807) is 31.4 Å². The molecule has 0 bridgehead atoms. The van der Waals surface area contributed by atoms with Crippen molar-refractivity contribution in [1.82, 2.24) is 10.2 Å². The van der Waals surface area contributed by atoms with E-state index in [1.165, 1.54) is 28.6 Å². The van der Waals surface area contributed by atoms with Crippen molar-refractivity contribution in [2.45, 2.75) is 44.1 Å². The molecule has 0 radical (unpaired) electrons. The summed E-state index contributed by atoms with van der Waals surface area (Å²) in [6, 6.07) is 7.67. The average Bonchev–Trinajstić information content (AvgIpc) is 3.32. The molecule has 146 valence electrons. The number of Topliss-reactive ketones (excluding diaryl/α,β-unsaturated/α-hetero) is 1. The van der Waals surface area contributed by atoms with Crippen LogP contribution in [0.3, 0.4) is 0 Å². The molecule has 0 fully saturated rings. The Balaban J connectivity index is 1.49. The van der Waals surface area contributed by atoms with Crippen molar-refractivity contribution in [1.29, 1.82) is 0 Å². The molecule has 1 atom stereocenters. The van der Waals surface area contributed by atoms with Gasteiger partial charge in [-0.05, 0) is 61.9 Å². The summed E-state index contributed by atoms with van der Waals surface area (Å²) in [5.41, 5.74) is 3.03. The standard InChI is InChI=1S/C21H22N2O3S2/c1-12-4-7-18-15(8-12)10-19(28-18)20-22-23-21(26-20)27-11-16-9-14(13(2)24)5-6-17(16)25-3/h5-6,9-10,12H,4,7-8,11H2,1-3H3/t12-/m1/s1. The minimum Gasteiger partial charge on any atom is -0.496 e. The van der Waals surface area contributed by atoms with Crippen molar-refractivity contribution < 1.29 is 13.9 Å². The first kappa shape index (κ1) is 19.2. The smallest absolute Gasteiger partial charge is 0.277 e. The van der Waals surface area contributed by atoms with Gasteiger partial charge in [-0.15, -0.1) is 21.5 Å². The van der Waals surface area contributed by atoms with Crippen molar-refractivity contribution >= 4 is 28.9 Å². The average molecular weight is 415 g/mol. The summed E-state index contributed by atoms with van der Waals surface area (Å²) >= 11 is 3.21. The van der Waals surface area contributed by atoms with E-state index >= 15 is 0 Å². The van der Waals surface area contributed by atoms with Gasteiger partial charge in [-0.25, -0.2) is 0 Å². The number of carbonyl (C=O) groups excluding carboxylic acids is 1. The van der Waals surface area contributed by atoms with Gasteiger partial charge in [0, 0.05) is 21.8 Å². The molecule has 0 N–H and O–H groups in total.